The molecule has 7 nitrogen and oxygen atoms in total. The quantitative estimate of drug-likeness (QED) is 0.195. The molecule has 4 aliphatic rings. The second-order valence-corrected chi connectivity index (χ2v) is 12.6. The summed E-state index contributed by atoms with van der Waals surface area (Å²) in [6, 6.07) is 3.67. The van der Waals surface area contributed by atoms with Crippen LogP contribution in [0.3, 0.4) is 0 Å². The van der Waals surface area contributed by atoms with Crippen molar-refractivity contribution in [1.82, 2.24) is 9.80 Å². The summed E-state index contributed by atoms with van der Waals surface area (Å²) in [4.78, 5) is 49.6. The molecule has 2 bridgehead atoms. The molecular weight excluding hydrogens is 494 g/mol. The van der Waals surface area contributed by atoms with E-state index in [-0.39, 0.29) is 35.5 Å². The number of hydrogen-bond donors (Lipinski definition) is 0. The largest absolute Gasteiger partial charge is 0.473 e. The lowest BCUT2D eigenvalue weighted by Gasteiger charge is -2.16. The molecule has 1 saturated heterocycles. The number of rotatable bonds is 10. The average molecular weight is 533 g/mol. The molecule has 0 spiro atoms. The van der Waals surface area contributed by atoms with Gasteiger partial charge in [0.25, 0.3) is 11.8 Å². The molecule has 0 radical (unpaired) electrons. The number of hydrogen-bond acceptors (Lipinski definition) is 5. The van der Waals surface area contributed by atoms with Gasteiger partial charge in [0, 0.05) is 25.2 Å². The van der Waals surface area contributed by atoms with E-state index >= 15 is 0 Å². The average Bonchev–Trinajstić information content (AvgIpc) is 3.71. The van der Waals surface area contributed by atoms with Crippen molar-refractivity contribution in [2.24, 2.45) is 23.7 Å². The van der Waals surface area contributed by atoms with Gasteiger partial charge in [-0.15, -0.1) is 17.2 Å². The van der Waals surface area contributed by atoms with Crippen LogP contribution in [0.1, 0.15) is 33.1 Å². The van der Waals surface area contributed by atoms with E-state index in [1.807, 2.05) is 12.1 Å². The number of carbonyl (C=O) groups excluding carboxylic acids is 4. The highest BCUT2D eigenvalue weighted by Gasteiger charge is 2.58. The Morgan fingerprint density at radius 2 is 1.25 bits per heavy atom. The molecule has 2 aliphatic heterocycles. The number of imide groups is 2. The van der Waals surface area contributed by atoms with Gasteiger partial charge in [-0.2, -0.15) is 0 Å². The maximum atomic E-state index is 12.3. The number of furan rings is 1. The summed E-state index contributed by atoms with van der Waals surface area (Å²) >= 11 is 0. The molecule has 1 aromatic heterocycles. The highest BCUT2D eigenvalue weighted by molar-refractivity contribution is 7.38. The summed E-state index contributed by atoms with van der Waals surface area (Å²) in [5.74, 6) is 0.568. The number of carbonyl (C=O) groups is 4. The molecule has 3 heterocycles. The zero-order chi connectivity index (χ0) is 25.9. The van der Waals surface area contributed by atoms with E-state index in [2.05, 4.69) is 30.4 Å². The maximum absolute atomic E-state index is 12.3. The Hall–Kier alpha value is -2.10. The molecule has 9 heteroatoms. The molecule has 0 N–H and O–H groups in total. The molecule has 2 fully saturated rings. The van der Waals surface area contributed by atoms with Crippen molar-refractivity contribution < 1.29 is 23.6 Å². The van der Waals surface area contributed by atoms with E-state index in [1.54, 1.807) is 17.4 Å². The monoisotopic (exact) mass is 532 g/mol. The summed E-state index contributed by atoms with van der Waals surface area (Å²) in [5, 5.41) is 0. The fourth-order valence-electron chi connectivity index (χ4n) is 5.14. The first-order chi connectivity index (χ1) is 17.5. The molecule has 6 atom stereocenters. The topological polar surface area (TPSA) is 87.9 Å². The van der Waals surface area contributed by atoms with E-state index in [1.165, 1.54) is 29.4 Å². The third-order valence-corrected chi connectivity index (χ3v) is 9.27. The number of likely N-dealkylation sites (tertiary alicyclic amines) is 1. The van der Waals surface area contributed by atoms with E-state index in [0.29, 0.717) is 24.9 Å². The van der Waals surface area contributed by atoms with Gasteiger partial charge < -0.3 is 4.42 Å². The standard InChI is InChI=1S/C14H20NO2P.C9H14NO2P.C4H4O/c1-2-18-7-3-6-15-13(16)11-9-4-5-10(8-9)12(11)14(15)17;1-2-13-7-3-6-10-8(11)4-5-9(10)12;1-2-4-5-3-1/h4-5,9-12,18H,2-3,6-8H2,1H3;4-5,13H,2-3,6-7H2,1H3;1-4H. The zero-order valence-corrected chi connectivity index (χ0v) is 23.2. The molecule has 2 aliphatic carbocycles. The fourth-order valence-corrected chi connectivity index (χ4v) is 6.66. The number of nitrogens with zero attached hydrogens (tertiary/aromatic N) is 2. The smallest absolute Gasteiger partial charge is 0.253 e. The number of allylic oxidation sites excluding steroid dienone is 2. The van der Waals surface area contributed by atoms with Crippen molar-refractivity contribution in [2.75, 3.05) is 37.7 Å². The Morgan fingerprint density at radius 1 is 0.778 bits per heavy atom. The van der Waals surface area contributed by atoms with Gasteiger partial charge in [0.05, 0.1) is 24.4 Å². The van der Waals surface area contributed by atoms with Crippen LogP contribution in [0.4, 0.5) is 0 Å². The van der Waals surface area contributed by atoms with Gasteiger partial charge in [-0.3, -0.25) is 29.0 Å². The van der Waals surface area contributed by atoms with Crippen LogP contribution < -0.4 is 0 Å². The lowest BCUT2D eigenvalue weighted by atomic mass is 9.85. The molecule has 1 saturated carbocycles. The predicted octanol–water partition coefficient (Wildman–Crippen LogP) is 4.16. The Labute approximate surface area is 217 Å². The second kappa shape index (κ2) is 14.6. The van der Waals surface area contributed by atoms with Gasteiger partial charge in [0.2, 0.25) is 11.8 Å². The fraction of sp³-hybridized carbons (Fsp3) is 0.556. The van der Waals surface area contributed by atoms with Crippen LogP contribution >= 0.6 is 17.2 Å². The highest BCUT2D eigenvalue weighted by atomic mass is 31.1. The minimum Gasteiger partial charge on any atom is -0.473 e. The van der Waals surface area contributed by atoms with Gasteiger partial charge in [-0.1, -0.05) is 26.0 Å². The molecule has 36 heavy (non-hydrogen) atoms. The lowest BCUT2D eigenvalue weighted by molar-refractivity contribution is -0.141. The van der Waals surface area contributed by atoms with Gasteiger partial charge in [0.15, 0.2) is 0 Å². The summed E-state index contributed by atoms with van der Waals surface area (Å²) in [7, 11) is 1.92. The first-order valence-electron chi connectivity index (χ1n) is 12.9. The van der Waals surface area contributed by atoms with Crippen molar-refractivity contribution in [2.45, 2.75) is 33.1 Å². The van der Waals surface area contributed by atoms with Crippen molar-refractivity contribution in [1.29, 1.82) is 0 Å². The Bertz CT molecular complexity index is 881. The van der Waals surface area contributed by atoms with Gasteiger partial charge in [-0.05, 0) is 67.9 Å². The Kier molecular flexibility index (Phi) is 11.5. The number of fused-ring (bicyclic) bond motifs is 5. The Morgan fingerprint density at radius 3 is 1.67 bits per heavy atom. The molecular formula is C27H38N2O5P2. The minimum absolute atomic E-state index is 0.0128. The van der Waals surface area contributed by atoms with Gasteiger partial charge >= 0.3 is 0 Å². The lowest BCUT2D eigenvalue weighted by Crippen LogP contribution is -2.34. The van der Waals surface area contributed by atoms with Crippen molar-refractivity contribution in [3.8, 4) is 0 Å². The molecule has 6 unspecified atom stereocenters. The molecule has 196 valence electrons. The first kappa shape index (κ1) is 28.5. The number of amides is 4. The molecule has 0 aromatic carbocycles. The van der Waals surface area contributed by atoms with Crippen LogP contribution in [0, 0.1) is 23.7 Å². The second-order valence-electron chi connectivity index (χ2n) is 9.20. The van der Waals surface area contributed by atoms with Crippen molar-refractivity contribution in [3.05, 3.63) is 49.0 Å². The maximum Gasteiger partial charge on any atom is 0.253 e. The molecule has 5 rings (SSSR count). The third-order valence-electron chi connectivity index (χ3n) is 6.86. The SMILES string of the molecule is CCPCCCN1C(=O)C2C3C=CC(C3)C2C1=O.CCPCCCN1C(=O)C=CC1=O.c1ccoc1. The molecule has 1 aromatic rings. The van der Waals surface area contributed by atoms with Gasteiger partial charge in [-0.25, -0.2) is 0 Å². The normalized spacial score (nSPS) is 25.9. The summed E-state index contributed by atoms with van der Waals surface area (Å²) in [5.41, 5.74) is 0. The van der Waals surface area contributed by atoms with Crippen LogP contribution in [0.25, 0.3) is 0 Å². The minimum atomic E-state index is -0.162. The van der Waals surface area contributed by atoms with E-state index < -0.39 is 0 Å². The third kappa shape index (κ3) is 7.23. The van der Waals surface area contributed by atoms with Gasteiger partial charge in [0.1, 0.15) is 0 Å². The zero-order valence-electron chi connectivity index (χ0n) is 21.2. The Balaban J connectivity index is 0.000000175. The van der Waals surface area contributed by atoms with E-state index in [9.17, 15) is 19.2 Å². The van der Waals surface area contributed by atoms with Crippen molar-refractivity contribution in [3.63, 3.8) is 0 Å². The first-order valence-corrected chi connectivity index (χ1v) is 15.8. The van der Waals surface area contributed by atoms with Crippen LogP contribution in [0.15, 0.2) is 53.4 Å². The summed E-state index contributed by atoms with van der Waals surface area (Å²) in [6.07, 6.45) is 17.8. The summed E-state index contributed by atoms with van der Waals surface area (Å²) in [6.45, 7) is 5.55. The van der Waals surface area contributed by atoms with E-state index in [0.717, 1.165) is 48.7 Å². The molecule has 4 amide bonds. The van der Waals surface area contributed by atoms with Crippen LogP contribution in [0.2, 0.25) is 0 Å². The van der Waals surface area contributed by atoms with Crippen LogP contribution in [0.5, 0.6) is 0 Å². The predicted molar refractivity (Wildman–Crippen MR) is 146 cm³/mol. The van der Waals surface area contributed by atoms with Crippen molar-refractivity contribution >= 4 is 40.8 Å². The van der Waals surface area contributed by atoms with Crippen LogP contribution in [-0.4, -0.2) is 71.2 Å². The van der Waals surface area contributed by atoms with Crippen LogP contribution in [-0.2, 0) is 19.2 Å². The summed E-state index contributed by atoms with van der Waals surface area (Å²) < 4.78 is 4.58. The van der Waals surface area contributed by atoms with E-state index in [4.69, 9.17) is 0 Å². The highest BCUT2D eigenvalue weighted by Crippen LogP contribution is 2.52.